The van der Waals surface area contributed by atoms with Crippen LogP contribution in [0.1, 0.15) is 6.42 Å². The molecule has 1 aliphatic heterocycles. The standard InChI is InChI=1S/C14H21NO7S2/c1-21-12-3-4-13(22-2)14(9-12)24(19,20)15(6-7-16)11-5-8-23(17,18)10-11/h3-4,9,11,16H,5-8,10H2,1-2H3/t11-/m0/s1. The number of hydrogen-bond donors (Lipinski definition) is 1. The quantitative estimate of drug-likeness (QED) is 0.703. The SMILES string of the molecule is COc1ccc(OC)c(S(=O)(=O)N(CCO)[C@H]2CCS(=O)(=O)C2)c1. The Hall–Kier alpha value is -1.36. The Morgan fingerprint density at radius 1 is 1.29 bits per heavy atom. The zero-order chi connectivity index (χ0) is 18.0. The molecule has 1 aromatic carbocycles. The summed E-state index contributed by atoms with van der Waals surface area (Å²) in [6, 6.07) is 3.65. The molecule has 0 aliphatic carbocycles. The van der Waals surface area contributed by atoms with Crippen molar-refractivity contribution < 1.29 is 31.4 Å². The minimum absolute atomic E-state index is 0.0651. The van der Waals surface area contributed by atoms with Gasteiger partial charge in [-0.1, -0.05) is 0 Å². The average molecular weight is 379 g/mol. The first kappa shape index (κ1) is 19.0. The highest BCUT2D eigenvalue weighted by atomic mass is 32.2. The first-order chi connectivity index (χ1) is 11.2. The van der Waals surface area contributed by atoms with E-state index in [-0.39, 0.29) is 35.1 Å². The number of aliphatic hydroxyl groups excluding tert-OH is 1. The Kier molecular flexibility index (Phi) is 5.74. The number of nitrogens with zero attached hydrogens (tertiary/aromatic N) is 1. The highest BCUT2D eigenvalue weighted by Gasteiger charge is 2.39. The van der Waals surface area contributed by atoms with Gasteiger partial charge < -0.3 is 14.6 Å². The first-order valence-corrected chi connectivity index (χ1v) is 10.6. The van der Waals surface area contributed by atoms with Crippen LogP contribution in [0.15, 0.2) is 23.1 Å². The van der Waals surface area contributed by atoms with Gasteiger partial charge in [-0.3, -0.25) is 0 Å². The lowest BCUT2D eigenvalue weighted by atomic mass is 10.3. The number of hydrogen-bond acceptors (Lipinski definition) is 7. The van der Waals surface area contributed by atoms with Crippen LogP contribution in [0.4, 0.5) is 0 Å². The van der Waals surface area contributed by atoms with Crippen molar-refractivity contribution in [3.05, 3.63) is 18.2 Å². The van der Waals surface area contributed by atoms with Gasteiger partial charge in [-0.25, -0.2) is 16.8 Å². The number of aliphatic hydroxyl groups is 1. The molecule has 1 heterocycles. The summed E-state index contributed by atoms with van der Waals surface area (Å²) in [4.78, 5) is -0.123. The third-order valence-corrected chi connectivity index (χ3v) is 7.62. The van der Waals surface area contributed by atoms with Crippen LogP contribution < -0.4 is 9.47 Å². The van der Waals surface area contributed by atoms with E-state index in [2.05, 4.69) is 0 Å². The molecule has 0 radical (unpaired) electrons. The molecule has 0 aromatic heterocycles. The molecule has 1 atom stereocenters. The summed E-state index contributed by atoms with van der Waals surface area (Å²) in [5, 5.41) is 9.25. The van der Waals surface area contributed by atoms with Crippen LogP contribution >= 0.6 is 0 Å². The van der Waals surface area contributed by atoms with Crippen molar-refractivity contribution in [3.8, 4) is 11.5 Å². The topological polar surface area (TPSA) is 110 Å². The molecule has 0 bridgehead atoms. The summed E-state index contributed by atoms with van der Waals surface area (Å²) in [6.07, 6.45) is 0.202. The maximum atomic E-state index is 13.1. The fourth-order valence-corrected chi connectivity index (χ4v) is 6.35. The maximum absolute atomic E-state index is 13.1. The fourth-order valence-electron chi connectivity index (χ4n) is 2.71. The van der Waals surface area contributed by atoms with E-state index in [1.165, 1.54) is 26.4 Å². The summed E-state index contributed by atoms with van der Waals surface area (Å²) in [5.74, 6) is 0.139. The molecule has 1 aromatic rings. The van der Waals surface area contributed by atoms with Crippen LogP contribution in [-0.2, 0) is 19.9 Å². The van der Waals surface area contributed by atoms with Crippen molar-refractivity contribution in [1.29, 1.82) is 0 Å². The van der Waals surface area contributed by atoms with E-state index in [4.69, 9.17) is 9.47 Å². The molecule has 0 unspecified atom stereocenters. The Labute approximate surface area is 142 Å². The first-order valence-electron chi connectivity index (χ1n) is 7.30. The average Bonchev–Trinajstić information content (AvgIpc) is 2.91. The summed E-state index contributed by atoms with van der Waals surface area (Å²) >= 11 is 0. The second-order valence-electron chi connectivity index (χ2n) is 5.41. The molecular formula is C14H21NO7S2. The molecule has 10 heteroatoms. The van der Waals surface area contributed by atoms with Crippen LogP contribution in [0.2, 0.25) is 0 Å². The van der Waals surface area contributed by atoms with Crippen LogP contribution in [0.5, 0.6) is 11.5 Å². The molecule has 1 saturated heterocycles. The van der Waals surface area contributed by atoms with Crippen molar-refractivity contribution in [2.75, 3.05) is 38.9 Å². The number of sulfonamides is 1. The van der Waals surface area contributed by atoms with E-state index in [0.717, 1.165) is 4.31 Å². The van der Waals surface area contributed by atoms with E-state index in [9.17, 15) is 21.9 Å². The van der Waals surface area contributed by atoms with Crippen molar-refractivity contribution >= 4 is 19.9 Å². The Morgan fingerprint density at radius 3 is 2.50 bits per heavy atom. The van der Waals surface area contributed by atoms with E-state index in [0.29, 0.717) is 5.75 Å². The van der Waals surface area contributed by atoms with Gasteiger partial charge in [0.2, 0.25) is 10.0 Å². The van der Waals surface area contributed by atoms with E-state index >= 15 is 0 Å². The molecule has 24 heavy (non-hydrogen) atoms. The van der Waals surface area contributed by atoms with Gasteiger partial charge in [0.05, 0.1) is 32.3 Å². The normalized spacial score (nSPS) is 20.2. The van der Waals surface area contributed by atoms with Gasteiger partial charge in [0.15, 0.2) is 9.84 Å². The minimum Gasteiger partial charge on any atom is -0.497 e. The highest BCUT2D eigenvalue weighted by molar-refractivity contribution is 7.92. The van der Waals surface area contributed by atoms with Gasteiger partial charge in [0.1, 0.15) is 16.4 Å². The fraction of sp³-hybridized carbons (Fsp3) is 0.571. The lowest BCUT2D eigenvalue weighted by Crippen LogP contribution is -2.42. The van der Waals surface area contributed by atoms with Crippen molar-refractivity contribution in [1.82, 2.24) is 4.31 Å². The molecule has 136 valence electrons. The number of sulfone groups is 1. The highest BCUT2D eigenvalue weighted by Crippen LogP contribution is 2.33. The number of methoxy groups -OCH3 is 2. The van der Waals surface area contributed by atoms with E-state index in [1.807, 2.05) is 0 Å². The van der Waals surface area contributed by atoms with Crippen LogP contribution in [-0.4, -0.2) is 71.2 Å². The maximum Gasteiger partial charge on any atom is 0.247 e. The third-order valence-electron chi connectivity index (χ3n) is 3.89. The van der Waals surface area contributed by atoms with Gasteiger partial charge in [-0.2, -0.15) is 4.31 Å². The lowest BCUT2D eigenvalue weighted by molar-refractivity contribution is 0.232. The summed E-state index contributed by atoms with van der Waals surface area (Å²) < 4.78 is 60.7. The molecule has 0 saturated carbocycles. The zero-order valence-electron chi connectivity index (χ0n) is 13.5. The third kappa shape index (κ3) is 3.82. The van der Waals surface area contributed by atoms with Crippen LogP contribution in [0.3, 0.4) is 0 Å². The van der Waals surface area contributed by atoms with Crippen LogP contribution in [0, 0.1) is 0 Å². The predicted molar refractivity (Wildman–Crippen MR) is 87.6 cm³/mol. The van der Waals surface area contributed by atoms with Crippen molar-refractivity contribution in [2.45, 2.75) is 17.4 Å². The monoisotopic (exact) mass is 379 g/mol. The Morgan fingerprint density at radius 2 is 2.00 bits per heavy atom. The molecule has 1 fully saturated rings. The van der Waals surface area contributed by atoms with Crippen molar-refractivity contribution in [3.63, 3.8) is 0 Å². The Balaban J connectivity index is 2.49. The second kappa shape index (κ2) is 7.26. The number of rotatable bonds is 7. The number of ether oxygens (including phenoxy) is 2. The lowest BCUT2D eigenvalue weighted by Gasteiger charge is -2.27. The van der Waals surface area contributed by atoms with E-state index in [1.54, 1.807) is 6.07 Å². The zero-order valence-corrected chi connectivity index (χ0v) is 15.1. The minimum atomic E-state index is -4.07. The molecule has 1 N–H and O–H groups in total. The van der Waals surface area contributed by atoms with Crippen molar-refractivity contribution in [2.24, 2.45) is 0 Å². The largest absolute Gasteiger partial charge is 0.497 e. The van der Waals surface area contributed by atoms with Gasteiger partial charge in [-0.15, -0.1) is 0 Å². The molecule has 1 aliphatic rings. The molecule has 0 amide bonds. The van der Waals surface area contributed by atoms with Gasteiger partial charge in [0, 0.05) is 18.7 Å². The second-order valence-corrected chi connectivity index (χ2v) is 9.50. The van der Waals surface area contributed by atoms with Gasteiger partial charge >= 0.3 is 0 Å². The summed E-state index contributed by atoms with van der Waals surface area (Å²) in [5.41, 5.74) is 0. The van der Waals surface area contributed by atoms with E-state index < -0.39 is 32.5 Å². The van der Waals surface area contributed by atoms with Crippen LogP contribution in [0.25, 0.3) is 0 Å². The number of benzene rings is 1. The molecular weight excluding hydrogens is 358 g/mol. The predicted octanol–water partition coefficient (Wildman–Crippen LogP) is -0.126. The molecule has 2 rings (SSSR count). The molecule has 8 nitrogen and oxygen atoms in total. The summed E-state index contributed by atoms with van der Waals surface area (Å²) in [6.45, 7) is -0.606. The molecule has 0 spiro atoms. The van der Waals surface area contributed by atoms with Gasteiger partial charge in [-0.05, 0) is 18.6 Å². The Bertz CT molecular complexity index is 789. The smallest absolute Gasteiger partial charge is 0.247 e. The van der Waals surface area contributed by atoms with Gasteiger partial charge in [0.25, 0.3) is 0 Å². The summed E-state index contributed by atoms with van der Waals surface area (Å²) in [7, 11) is -4.59.